The Morgan fingerprint density at radius 2 is 1.95 bits per heavy atom. The Balaban J connectivity index is 1.84. The van der Waals surface area contributed by atoms with Crippen LogP contribution in [0.5, 0.6) is 0 Å². The topological polar surface area (TPSA) is 44.9 Å². The maximum absolute atomic E-state index is 12.0. The van der Waals surface area contributed by atoms with E-state index in [1.807, 2.05) is 18.2 Å². The van der Waals surface area contributed by atoms with E-state index < -0.39 is 0 Å². The average Bonchev–Trinajstić information content (AvgIpc) is 3.24. The lowest BCUT2D eigenvalue weighted by Crippen LogP contribution is -2.22. The van der Waals surface area contributed by atoms with Gasteiger partial charge in [-0.05, 0) is 36.6 Å². The summed E-state index contributed by atoms with van der Waals surface area (Å²) in [7, 11) is 0. The highest BCUT2D eigenvalue weighted by Crippen LogP contribution is 2.27. The number of halogens is 2. The smallest absolute Gasteiger partial charge is 0.252 e. The number of nitrogens with one attached hydrogen (secondary N) is 2. The predicted molar refractivity (Wildman–Crippen MR) is 82.4 cm³/mol. The number of H-pyrrole nitrogens is 1. The molecular formula is C15H14Cl2N2O. The molecule has 1 heterocycles. The van der Waals surface area contributed by atoms with Crippen molar-refractivity contribution in [2.45, 2.75) is 25.4 Å². The molecule has 20 heavy (non-hydrogen) atoms. The van der Waals surface area contributed by atoms with E-state index in [1.165, 1.54) is 12.8 Å². The molecule has 0 spiro atoms. The number of hydrogen-bond donors (Lipinski definition) is 2. The van der Waals surface area contributed by atoms with E-state index in [9.17, 15) is 4.79 Å². The van der Waals surface area contributed by atoms with Crippen LogP contribution in [0.2, 0.25) is 10.0 Å². The third-order valence-electron chi connectivity index (χ3n) is 3.38. The summed E-state index contributed by atoms with van der Waals surface area (Å²) in [5.41, 5.74) is 2.27. The molecule has 1 fully saturated rings. The van der Waals surface area contributed by atoms with Crippen molar-refractivity contribution in [3.8, 4) is 11.3 Å². The van der Waals surface area contributed by atoms with Crippen LogP contribution in [0, 0.1) is 0 Å². The van der Waals surface area contributed by atoms with Crippen molar-refractivity contribution in [3.63, 3.8) is 0 Å². The van der Waals surface area contributed by atoms with Gasteiger partial charge in [0.05, 0.1) is 10.0 Å². The molecule has 2 aromatic rings. The van der Waals surface area contributed by atoms with Gasteiger partial charge in [-0.1, -0.05) is 35.3 Å². The van der Waals surface area contributed by atoms with Crippen molar-refractivity contribution >= 4 is 23.2 Å². The van der Waals surface area contributed by atoms with E-state index in [1.54, 1.807) is 12.1 Å². The summed E-state index contributed by atoms with van der Waals surface area (Å²) in [6, 6.07) is 9.64. The molecule has 1 saturated carbocycles. The van der Waals surface area contributed by atoms with Crippen molar-refractivity contribution in [1.29, 1.82) is 0 Å². The molecule has 3 rings (SSSR count). The first-order valence-corrected chi connectivity index (χ1v) is 7.30. The van der Waals surface area contributed by atoms with E-state index in [4.69, 9.17) is 23.2 Å². The quantitative estimate of drug-likeness (QED) is 0.906. The van der Waals surface area contributed by atoms with Gasteiger partial charge in [-0.15, -0.1) is 0 Å². The van der Waals surface area contributed by atoms with Crippen LogP contribution in [-0.2, 0) is 6.54 Å². The van der Waals surface area contributed by atoms with Crippen LogP contribution in [0.4, 0.5) is 0 Å². The number of pyridine rings is 1. The molecule has 3 nitrogen and oxygen atoms in total. The van der Waals surface area contributed by atoms with Gasteiger partial charge in [-0.25, -0.2) is 0 Å². The number of rotatable bonds is 4. The third-order valence-corrected chi connectivity index (χ3v) is 4.12. The highest BCUT2D eigenvalue weighted by molar-refractivity contribution is 6.42. The van der Waals surface area contributed by atoms with Crippen molar-refractivity contribution in [2.24, 2.45) is 0 Å². The largest absolute Gasteiger partial charge is 0.322 e. The lowest BCUT2D eigenvalue weighted by atomic mass is 10.1. The summed E-state index contributed by atoms with van der Waals surface area (Å²) in [6.07, 6.45) is 2.42. The molecule has 0 bridgehead atoms. The van der Waals surface area contributed by atoms with E-state index >= 15 is 0 Å². The fourth-order valence-corrected chi connectivity index (χ4v) is 2.31. The van der Waals surface area contributed by atoms with E-state index in [0.717, 1.165) is 16.8 Å². The third kappa shape index (κ3) is 3.06. The van der Waals surface area contributed by atoms with E-state index in [2.05, 4.69) is 10.3 Å². The lowest BCUT2D eigenvalue weighted by molar-refractivity contribution is 0.682. The van der Waals surface area contributed by atoms with Gasteiger partial charge in [0.25, 0.3) is 5.56 Å². The predicted octanol–water partition coefficient (Wildman–Crippen LogP) is 3.60. The number of aromatic nitrogens is 1. The maximum atomic E-state index is 12.0. The Hall–Kier alpha value is -1.29. The number of aromatic amines is 1. The second-order valence-corrected chi connectivity index (χ2v) is 5.82. The van der Waals surface area contributed by atoms with Gasteiger partial charge in [0.1, 0.15) is 0 Å². The molecule has 2 N–H and O–H groups in total. The summed E-state index contributed by atoms with van der Waals surface area (Å²) in [6.45, 7) is 0.613. The summed E-state index contributed by atoms with van der Waals surface area (Å²) < 4.78 is 0. The molecule has 0 amide bonds. The minimum atomic E-state index is -0.0678. The SMILES string of the molecule is O=c1[nH]c(-c2ccc(Cl)c(Cl)c2)ccc1CNC1CC1. The second kappa shape index (κ2) is 5.60. The molecule has 5 heteroatoms. The Morgan fingerprint density at radius 3 is 2.60 bits per heavy atom. The van der Waals surface area contributed by atoms with Gasteiger partial charge in [0.15, 0.2) is 0 Å². The van der Waals surface area contributed by atoms with Crippen LogP contribution >= 0.6 is 23.2 Å². The molecule has 1 aromatic heterocycles. The molecule has 1 aliphatic carbocycles. The van der Waals surface area contributed by atoms with Gasteiger partial charge >= 0.3 is 0 Å². The number of hydrogen-bond acceptors (Lipinski definition) is 2. The van der Waals surface area contributed by atoms with Gasteiger partial charge < -0.3 is 10.3 Å². The summed E-state index contributed by atoms with van der Waals surface area (Å²) in [5, 5.41) is 4.31. The van der Waals surface area contributed by atoms with Crippen LogP contribution in [0.25, 0.3) is 11.3 Å². The van der Waals surface area contributed by atoms with Gasteiger partial charge in [-0.2, -0.15) is 0 Å². The van der Waals surface area contributed by atoms with E-state index in [-0.39, 0.29) is 5.56 Å². The minimum Gasteiger partial charge on any atom is -0.322 e. The zero-order valence-corrected chi connectivity index (χ0v) is 12.3. The molecule has 0 unspecified atom stereocenters. The summed E-state index contributed by atoms with van der Waals surface area (Å²) in [4.78, 5) is 14.9. The molecular weight excluding hydrogens is 295 g/mol. The standard InChI is InChI=1S/C15H14Cl2N2O/c16-12-5-1-9(7-13(12)17)14-6-2-10(15(20)19-14)8-18-11-3-4-11/h1-2,5-7,11,18H,3-4,8H2,(H,19,20). The Bertz CT molecular complexity index is 693. The summed E-state index contributed by atoms with van der Waals surface area (Å²) in [5.74, 6) is 0. The summed E-state index contributed by atoms with van der Waals surface area (Å²) >= 11 is 11.9. The molecule has 0 aliphatic heterocycles. The Labute approximate surface area is 126 Å². The van der Waals surface area contributed by atoms with Crippen molar-refractivity contribution in [2.75, 3.05) is 0 Å². The lowest BCUT2D eigenvalue weighted by Gasteiger charge is -2.06. The van der Waals surface area contributed by atoms with Crippen LogP contribution in [0.3, 0.4) is 0 Å². The van der Waals surface area contributed by atoms with Crippen molar-refractivity contribution in [1.82, 2.24) is 10.3 Å². The molecule has 0 atom stereocenters. The Kier molecular flexibility index (Phi) is 3.83. The van der Waals surface area contributed by atoms with Crippen LogP contribution in [-0.4, -0.2) is 11.0 Å². The van der Waals surface area contributed by atoms with Gasteiger partial charge in [0.2, 0.25) is 0 Å². The monoisotopic (exact) mass is 308 g/mol. The fourth-order valence-electron chi connectivity index (χ4n) is 2.02. The maximum Gasteiger partial charge on any atom is 0.252 e. The van der Waals surface area contributed by atoms with Crippen LogP contribution in [0.15, 0.2) is 35.1 Å². The normalized spacial score (nSPS) is 14.5. The molecule has 0 saturated heterocycles. The number of benzene rings is 1. The minimum absolute atomic E-state index is 0.0678. The zero-order valence-electron chi connectivity index (χ0n) is 10.7. The van der Waals surface area contributed by atoms with E-state index in [0.29, 0.717) is 22.6 Å². The molecule has 1 aliphatic rings. The first kappa shape index (κ1) is 13.7. The van der Waals surface area contributed by atoms with Gasteiger partial charge in [0, 0.05) is 23.8 Å². The zero-order chi connectivity index (χ0) is 14.1. The molecule has 1 aromatic carbocycles. The molecule has 0 radical (unpaired) electrons. The van der Waals surface area contributed by atoms with Crippen molar-refractivity contribution in [3.05, 3.63) is 56.3 Å². The highest BCUT2D eigenvalue weighted by Gasteiger charge is 2.20. The van der Waals surface area contributed by atoms with Crippen molar-refractivity contribution < 1.29 is 0 Å². The first-order valence-electron chi connectivity index (χ1n) is 6.54. The average molecular weight is 309 g/mol. The van der Waals surface area contributed by atoms with Gasteiger partial charge in [-0.3, -0.25) is 4.79 Å². The first-order chi connectivity index (χ1) is 9.63. The van der Waals surface area contributed by atoms with Crippen LogP contribution in [0.1, 0.15) is 18.4 Å². The highest BCUT2D eigenvalue weighted by atomic mass is 35.5. The molecule has 104 valence electrons. The Morgan fingerprint density at radius 1 is 1.15 bits per heavy atom. The fraction of sp³-hybridized carbons (Fsp3) is 0.267. The van der Waals surface area contributed by atoms with Crippen LogP contribution < -0.4 is 10.9 Å². The second-order valence-electron chi connectivity index (χ2n) is 5.01.